The van der Waals surface area contributed by atoms with Crippen LogP contribution >= 0.6 is 22.7 Å². The number of methoxy groups -OCH3 is 1. The number of anilines is 2. The number of ether oxygens (including phenoxy) is 3. The third-order valence-electron chi connectivity index (χ3n) is 5.08. The topological polar surface area (TPSA) is 72.9 Å². The number of likely N-dealkylation sites (N-methyl/N-ethyl adjacent to an activating group) is 1. The van der Waals surface area contributed by atoms with Gasteiger partial charge in [0.05, 0.1) is 22.9 Å². The Morgan fingerprint density at radius 2 is 2.14 bits per heavy atom. The predicted molar refractivity (Wildman–Crippen MR) is 109 cm³/mol. The summed E-state index contributed by atoms with van der Waals surface area (Å²) in [6, 6.07) is 3.83. The van der Waals surface area contributed by atoms with Crippen LogP contribution in [0.2, 0.25) is 0 Å². The summed E-state index contributed by atoms with van der Waals surface area (Å²) in [5.74, 6) is 1.15. The molecule has 5 rings (SSSR count). The molecule has 28 heavy (non-hydrogen) atoms. The number of hydrogen-bond acceptors (Lipinski definition) is 9. The van der Waals surface area contributed by atoms with Crippen molar-refractivity contribution >= 4 is 49.0 Å². The van der Waals surface area contributed by atoms with Gasteiger partial charge in [0.1, 0.15) is 5.00 Å². The first-order valence-corrected chi connectivity index (χ1v) is 10.7. The molecule has 2 aliphatic rings. The van der Waals surface area contributed by atoms with Crippen LogP contribution in [0.4, 0.5) is 10.1 Å². The van der Waals surface area contributed by atoms with Crippen LogP contribution in [0.3, 0.4) is 0 Å². The van der Waals surface area contributed by atoms with Gasteiger partial charge in [0.25, 0.3) is 0 Å². The van der Waals surface area contributed by atoms with Crippen molar-refractivity contribution < 1.29 is 19.0 Å². The van der Waals surface area contributed by atoms with Crippen molar-refractivity contribution in [2.75, 3.05) is 32.3 Å². The lowest BCUT2D eigenvalue weighted by Crippen LogP contribution is -2.29. The largest absolute Gasteiger partial charge is 0.465 e. The SMILES string of the molecule is CCN1CCc2c(sc(Nc3nc4cc5c(cc4s3)OCO5)c2C(=O)OC)C1. The lowest BCUT2D eigenvalue weighted by atomic mass is 10.0. The van der Waals surface area contributed by atoms with E-state index in [9.17, 15) is 4.79 Å². The Morgan fingerprint density at radius 3 is 2.93 bits per heavy atom. The molecule has 1 N–H and O–H groups in total. The number of hydrogen-bond donors (Lipinski definition) is 1. The number of benzene rings is 1. The third-order valence-corrected chi connectivity index (χ3v) is 7.14. The van der Waals surface area contributed by atoms with Crippen LogP contribution in [0, 0.1) is 0 Å². The molecule has 0 amide bonds. The minimum absolute atomic E-state index is 0.246. The first-order chi connectivity index (χ1) is 13.7. The van der Waals surface area contributed by atoms with Gasteiger partial charge in [-0.15, -0.1) is 11.3 Å². The summed E-state index contributed by atoms with van der Waals surface area (Å²) in [6.07, 6.45) is 0.854. The van der Waals surface area contributed by atoms with E-state index >= 15 is 0 Å². The first-order valence-electron chi connectivity index (χ1n) is 9.08. The molecule has 146 valence electrons. The minimum atomic E-state index is -0.299. The second-order valence-electron chi connectivity index (χ2n) is 6.64. The molecule has 0 radical (unpaired) electrons. The Morgan fingerprint density at radius 1 is 1.32 bits per heavy atom. The number of rotatable bonds is 4. The van der Waals surface area contributed by atoms with E-state index in [1.165, 1.54) is 23.3 Å². The van der Waals surface area contributed by atoms with Crippen LogP contribution in [-0.2, 0) is 17.7 Å². The number of nitrogens with one attached hydrogen (secondary N) is 1. The Labute approximate surface area is 169 Å². The molecule has 0 atom stereocenters. The van der Waals surface area contributed by atoms with Gasteiger partial charge in [-0.3, -0.25) is 4.90 Å². The standard InChI is InChI=1S/C19H19N3O4S2/c1-3-22-5-4-10-15(8-22)27-17(16(10)18(23)24-2)21-19-20-11-6-12-13(26-9-25-12)7-14(11)28-19/h6-7H,3-5,8-9H2,1-2H3,(H,20,21). The first kappa shape index (κ1) is 17.7. The molecule has 9 heteroatoms. The number of carbonyl (C=O) groups is 1. The van der Waals surface area contributed by atoms with Gasteiger partial charge in [-0.2, -0.15) is 0 Å². The molecular weight excluding hydrogens is 398 g/mol. The van der Waals surface area contributed by atoms with Crippen molar-refractivity contribution in [1.82, 2.24) is 9.88 Å². The van der Waals surface area contributed by atoms with Crippen molar-refractivity contribution in [2.45, 2.75) is 19.9 Å². The number of nitrogens with zero attached hydrogens (tertiary/aromatic N) is 2. The molecule has 0 fully saturated rings. The summed E-state index contributed by atoms with van der Waals surface area (Å²) < 4.78 is 17.0. The monoisotopic (exact) mass is 417 g/mol. The molecule has 0 unspecified atom stereocenters. The summed E-state index contributed by atoms with van der Waals surface area (Å²) >= 11 is 3.14. The number of carbonyl (C=O) groups excluding carboxylic acids is 1. The predicted octanol–water partition coefficient (Wildman–Crippen LogP) is 3.99. The summed E-state index contributed by atoms with van der Waals surface area (Å²) in [7, 11) is 1.43. The van der Waals surface area contributed by atoms with Crippen molar-refractivity contribution in [1.29, 1.82) is 0 Å². The quantitative estimate of drug-likeness (QED) is 0.644. The van der Waals surface area contributed by atoms with E-state index in [4.69, 9.17) is 14.2 Å². The average Bonchev–Trinajstić information content (AvgIpc) is 3.40. The maximum absolute atomic E-state index is 12.5. The van der Waals surface area contributed by atoms with Crippen LogP contribution in [0.15, 0.2) is 12.1 Å². The molecular formula is C19H19N3O4S2. The molecule has 7 nitrogen and oxygen atoms in total. The van der Waals surface area contributed by atoms with Crippen LogP contribution in [0.25, 0.3) is 10.2 Å². The highest BCUT2D eigenvalue weighted by molar-refractivity contribution is 7.23. The lowest BCUT2D eigenvalue weighted by molar-refractivity contribution is 0.0600. The van der Waals surface area contributed by atoms with E-state index in [0.29, 0.717) is 11.3 Å². The fraction of sp³-hybridized carbons (Fsp3) is 0.368. The number of thiophene rings is 1. The van der Waals surface area contributed by atoms with Crippen molar-refractivity contribution in [3.63, 3.8) is 0 Å². The second kappa shape index (κ2) is 6.91. The Hall–Kier alpha value is -2.36. The fourth-order valence-electron chi connectivity index (χ4n) is 3.60. The molecule has 0 spiro atoms. The van der Waals surface area contributed by atoms with E-state index in [0.717, 1.165) is 57.7 Å². The highest BCUT2D eigenvalue weighted by Gasteiger charge is 2.28. The molecule has 2 aromatic heterocycles. The molecule has 0 saturated carbocycles. The second-order valence-corrected chi connectivity index (χ2v) is 8.77. The Bertz CT molecular complexity index is 1030. The van der Waals surface area contributed by atoms with Crippen LogP contribution in [-0.4, -0.2) is 42.8 Å². The van der Waals surface area contributed by atoms with Gasteiger partial charge >= 0.3 is 5.97 Å². The molecule has 0 saturated heterocycles. The van der Waals surface area contributed by atoms with Gasteiger partial charge in [-0.05, 0) is 18.5 Å². The highest BCUT2D eigenvalue weighted by Crippen LogP contribution is 2.42. The van der Waals surface area contributed by atoms with E-state index < -0.39 is 0 Å². The smallest absolute Gasteiger partial charge is 0.341 e. The number of fused-ring (bicyclic) bond motifs is 3. The average molecular weight is 418 g/mol. The molecule has 3 aromatic rings. The van der Waals surface area contributed by atoms with Crippen LogP contribution in [0.1, 0.15) is 27.7 Å². The van der Waals surface area contributed by atoms with Gasteiger partial charge in [-0.1, -0.05) is 18.3 Å². The number of thiazole rings is 1. The summed E-state index contributed by atoms with van der Waals surface area (Å²) in [5, 5.41) is 4.90. The Balaban J connectivity index is 1.52. The van der Waals surface area contributed by atoms with Gasteiger partial charge in [0, 0.05) is 30.1 Å². The van der Waals surface area contributed by atoms with Crippen LogP contribution in [0.5, 0.6) is 11.5 Å². The molecule has 2 aliphatic heterocycles. The molecule has 4 heterocycles. The van der Waals surface area contributed by atoms with E-state index in [1.54, 1.807) is 11.3 Å². The van der Waals surface area contributed by atoms with Gasteiger partial charge in [0.15, 0.2) is 16.6 Å². The zero-order chi connectivity index (χ0) is 19.3. The van der Waals surface area contributed by atoms with Crippen molar-refractivity contribution in [3.05, 3.63) is 28.1 Å². The summed E-state index contributed by atoms with van der Waals surface area (Å²) in [6.45, 7) is 5.22. The zero-order valence-electron chi connectivity index (χ0n) is 15.5. The number of esters is 1. The molecule has 1 aromatic carbocycles. The normalized spacial score (nSPS) is 15.6. The maximum Gasteiger partial charge on any atom is 0.341 e. The molecule has 0 aliphatic carbocycles. The van der Waals surface area contributed by atoms with Crippen LogP contribution < -0.4 is 14.8 Å². The zero-order valence-corrected chi connectivity index (χ0v) is 17.2. The lowest BCUT2D eigenvalue weighted by Gasteiger charge is -2.25. The van der Waals surface area contributed by atoms with E-state index in [1.807, 2.05) is 12.1 Å². The minimum Gasteiger partial charge on any atom is -0.465 e. The van der Waals surface area contributed by atoms with Gasteiger partial charge in [0.2, 0.25) is 6.79 Å². The summed E-state index contributed by atoms with van der Waals surface area (Å²) in [5.41, 5.74) is 2.59. The van der Waals surface area contributed by atoms with Gasteiger partial charge < -0.3 is 19.5 Å². The summed E-state index contributed by atoms with van der Waals surface area (Å²) in [4.78, 5) is 20.8. The van der Waals surface area contributed by atoms with Crippen molar-refractivity contribution in [2.24, 2.45) is 0 Å². The van der Waals surface area contributed by atoms with E-state index in [-0.39, 0.29) is 12.8 Å². The Kier molecular flexibility index (Phi) is 4.37. The molecule has 0 bridgehead atoms. The number of aromatic nitrogens is 1. The third kappa shape index (κ3) is 2.90. The van der Waals surface area contributed by atoms with E-state index in [2.05, 4.69) is 22.1 Å². The highest BCUT2D eigenvalue weighted by atomic mass is 32.1. The fourth-order valence-corrected chi connectivity index (χ4v) is 5.82. The van der Waals surface area contributed by atoms with Crippen molar-refractivity contribution in [3.8, 4) is 11.5 Å². The maximum atomic E-state index is 12.5. The van der Waals surface area contributed by atoms with Gasteiger partial charge in [-0.25, -0.2) is 9.78 Å².